The minimum Gasteiger partial charge on any atom is -0.326 e. The van der Waals surface area contributed by atoms with Crippen LogP contribution in [-0.4, -0.2) is 32.7 Å². The molecule has 7 nitrogen and oxygen atoms in total. The number of rotatable bonds is 3. The van der Waals surface area contributed by atoms with E-state index in [1.807, 2.05) is 0 Å². The SMILES string of the molecule is Cc1nc(S(=O)(=O)Cl)cn1Cc1nncn1C. The molecule has 2 aromatic rings. The van der Waals surface area contributed by atoms with E-state index >= 15 is 0 Å². The van der Waals surface area contributed by atoms with Gasteiger partial charge in [0.1, 0.15) is 12.2 Å². The smallest absolute Gasteiger partial charge is 0.280 e. The zero-order valence-corrected chi connectivity index (χ0v) is 10.8. The Bertz CT molecular complexity index is 645. The van der Waals surface area contributed by atoms with Crippen LogP contribution in [0.15, 0.2) is 17.6 Å². The van der Waals surface area contributed by atoms with Crippen molar-refractivity contribution in [3.63, 3.8) is 0 Å². The van der Waals surface area contributed by atoms with Gasteiger partial charge in [-0.1, -0.05) is 0 Å². The number of aromatic nitrogens is 5. The summed E-state index contributed by atoms with van der Waals surface area (Å²) in [5.41, 5.74) is 0. The van der Waals surface area contributed by atoms with Crippen molar-refractivity contribution < 1.29 is 8.42 Å². The quantitative estimate of drug-likeness (QED) is 0.752. The van der Waals surface area contributed by atoms with Gasteiger partial charge < -0.3 is 9.13 Å². The fourth-order valence-electron chi connectivity index (χ4n) is 1.36. The molecule has 2 heterocycles. The van der Waals surface area contributed by atoms with E-state index in [1.165, 1.54) is 6.20 Å². The lowest BCUT2D eigenvalue weighted by Crippen LogP contribution is -2.06. The monoisotopic (exact) mass is 275 g/mol. The topological polar surface area (TPSA) is 82.7 Å². The van der Waals surface area contributed by atoms with Gasteiger partial charge in [-0.2, -0.15) is 0 Å². The highest BCUT2D eigenvalue weighted by atomic mass is 35.7. The summed E-state index contributed by atoms with van der Waals surface area (Å²) in [6.45, 7) is 2.09. The Morgan fingerprint density at radius 1 is 1.47 bits per heavy atom. The van der Waals surface area contributed by atoms with Gasteiger partial charge in [-0.15, -0.1) is 10.2 Å². The first-order valence-corrected chi connectivity index (χ1v) is 7.00. The minimum absolute atomic E-state index is 0.154. The van der Waals surface area contributed by atoms with Crippen molar-refractivity contribution in [2.45, 2.75) is 18.5 Å². The molecule has 0 bridgehead atoms. The maximum Gasteiger partial charge on any atom is 0.280 e. The molecule has 0 N–H and O–H groups in total. The van der Waals surface area contributed by atoms with Crippen LogP contribution >= 0.6 is 10.7 Å². The molecule has 92 valence electrons. The lowest BCUT2D eigenvalue weighted by molar-refractivity contribution is 0.606. The molecule has 0 fully saturated rings. The number of imidazole rings is 1. The van der Waals surface area contributed by atoms with Crippen LogP contribution in [0, 0.1) is 6.92 Å². The molecule has 0 radical (unpaired) electrons. The summed E-state index contributed by atoms with van der Waals surface area (Å²) in [5, 5.41) is 7.49. The zero-order valence-electron chi connectivity index (χ0n) is 9.20. The number of hydrogen-bond acceptors (Lipinski definition) is 5. The van der Waals surface area contributed by atoms with E-state index in [-0.39, 0.29) is 5.03 Å². The van der Waals surface area contributed by atoms with E-state index in [2.05, 4.69) is 15.2 Å². The number of hydrogen-bond donors (Lipinski definition) is 0. The zero-order chi connectivity index (χ0) is 12.6. The molecule has 0 saturated heterocycles. The third kappa shape index (κ3) is 2.47. The molecule has 9 heteroatoms. The van der Waals surface area contributed by atoms with Gasteiger partial charge in [0, 0.05) is 23.9 Å². The minimum atomic E-state index is -3.80. The van der Waals surface area contributed by atoms with Crippen molar-refractivity contribution in [1.29, 1.82) is 0 Å². The Kier molecular flexibility index (Phi) is 2.92. The van der Waals surface area contributed by atoms with Crippen LogP contribution in [0.4, 0.5) is 0 Å². The average molecular weight is 276 g/mol. The van der Waals surface area contributed by atoms with E-state index in [1.54, 1.807) is 29.4 Å². The molecule has 2 rings (SSSR count). The van der Waals surface area contributed by atoms with Gasteiger partial charge in [0.25, 0.3) is 9.05 Å². The van der Waals surface area contributed by atoms with E-state index in [0.717, 1.165) is 0 Å². The molecule has 0 aromatic carbocycles. The Hall–Kier alpha value is -1.41. The summed E-state index contributed by atoms with van der Waals surface area (Å²) >= 11 is 0. The van der Waals surface area contributed by atoms with E-state index < -0.39 is 9.05 Å². The third-order valence-electron chi connectivity index (χ3n) is 2.32. The standard InChI is InChI=1S/C8H10ClN5O2S/c1-6-11-8(17(9,15)16)4-14(6)3-7-12-10-5-13(7)2/h4-5H,3H2,1-2H3. The molecule has 0 spiro atoms. The summed E-state index contributed by atoms with van der Waals surface area (Å²) < 4.78 is 25.6. The predicted molar refractivity (Wildman–Crippen MR) is 60.1 cm³/mol. The lowest BCUT2D eigenvalue weighted by Gasteiger charge is -2.02. The molecule has 0 atom stereocenters. The van der Waals surface area contributed by atoms with Gasteiger partial charge in [0.05, 0.1) is 6.54 Å². The fraction of sp³-hybridized carbons (Fsp3) is 0.375. The second kappa shape index (κ2) is 4.11. The first-order valence-electron chi connectivity index (χ1n) is 4.69. The highest BCUT2D eigenvalue weighted by Gasteiger charge is 2.16. The number of nitrogens with zero attached hydrogens (tertiary/aromatic N) is 5. The second-order valence-electron chi connectivity index (χ2n) is 3.55. The first kappa shape index (κ1) is 12.1. The van der Waals surface area contributed by atoms with Crippen LogP contribution in [0.1, 0.15) is 11.6 Å². The van der Waals surface area contributed by atoms with Gasteiger partial charge in [-0.3, -0.25) is 0 Å². The Morgan fingerprint density at radius 2 is 2.18 bits per heavy atom. The van der Waals surface area contributed by atoms with Crippen molar-refractivity contribution in [3.8, 4) is 0 Å². The molecule has 0 aliphatic heterocycles. The van der Waals surface area contributed by atoms with Gasteiger partial charge in [-0.05, 0) is 6.92 Å². The Morgan fingerprint density at radius 3 is 2.65 bits per heavy atom. The normalized spacial score (nSPS) is 11.9. The molecule has 17 heavy (non-hydrogen) atoms. The third-order valence-corrected chi connectivity index (χ3v) is 3.49. The van der Waals surface area contributed by atoms with Gasteiger partial charge in [0.2, 0.25) is 0 Å². The van der Waals surface area contributed by atoms with Crippen LogP contribution < -0.4 is 0 Å². The van der Waals surface area contributed by atoms with Crippen LogP contribution in [0.5, 0.6) is 0 Å². The van der Waals surface area contributed by atoms with Crippen molar-refractivity contribution in [1.82, 2.24) is 24.3 Å². The van der Waals surface area contributed by atoms with Crippen molar-refractivity contribution in [2.75, 3.05) is 0 Å². The van der Waals surface area contributed by atoms with E-state index in [4.69, 9.17) is 10.7 Å². The van der Waals surface area contributed by atoms with E-state index in [0.29, 0.717) is 18.2 Å². The Balaban J connectivity index is 2.35. The molecule has 0 saturated carbocycles. The number of halogens is 1. The summed E-state index contributed by atoms with van der Waals surface area (Å²) in [7, 11) is 3.23. The van der Waals surface area contributed by atoms with E-state index in [9.17, 15) is 8.42 Å². The van der Waals surface area contributed by atoms with Crippen LogP contribution in [-0.2, 0) is 22.6 Å². The van der Waals surface area contributed by atoms with Crippen LogP contribution in [0.3, 0.4) is 0 Å². The maximum absolute atomic E-state index is 11.1. The largest absolute Gasteiger partial charge is 0.326 e. The van der Waals surface area contributed by atoms with Crippen molar-refractivity contribution in [2.24, 2.45) is 7.05 Å². The van der Waals surface area contributed by atoms with Crippen molar-refractivity contribution >= 4 is 19.7 Å². The van der Waals surface area contributed by atoms with Gasteiger partial charge in [0.15, 0.2) is 10.9 Å². The molecule has 2 aromatic heterocycles. The maximum atomic E-state index is 11.1. The highest BCUT2D eigenvalue weighted by Crippen LogP contribution is 2.14. The highest BCUT2D eigenvalue weighted by molar-refractivity contribution is 8.13. The van der Waals surface area contributed by atoms with Crippen LogP contribution in [0.25, 0.3) is 0 Å². The molecule has 0 amide bonds. The molecule has 0 aliphatic carbocycles. The molecule has 0 unspecified atom stereocenters. The summed E-state index contributed by atoms with van der Waals surface area (Å²) in [6, 6.07) is 0. The Labute approximate surface area is 102 Å². The van der Waals surface area contributed by atoms with Crippen LogP contribution in [0.2, 0.25) is 0 Å². The first-order chi connectivity index (χ1) is 7.88. The van der Waals surface area contributed by atoms with Crippen molar-refractivity contribution in [3.05, 3.63) is 24.2 Å². The fourth-order valence-corrected chi connectivity index (χ4v) is 2.08. The molecular weight excluding hydrogens is 266 g/mol. The lowest BCUT2D eigenvalue weighted by atomic mass is 10.5. The predicted octanol–water partition coefficient (Wildman–Crippen LogP) is 0.296. The summed E-state index contributed by atoms with van der Waals surface area (Å²) in [6.07, 6.45) is 2.95. The van der Waals surface area contributed by atoms with Gasteiger partial charge >= 0.3 is 0 Å². The van der Waals surface area contributed by atoms with Gasteiger partial charge in [-0.25, -0.2) is 13.4 Å². The molecular formula is C8H10ClN5O2S. The number of aryl methyl sites for hydroxylation is 2. The summed E-state index contributed by atoms with van der Waals surface area (Å²) in [5.74, 6) is 1.25. The summed E-state index contributed by atoms with van der Waals surface area (Å²) in [4.78, 5) is 3.88. The molecule has 0 aliphatic rings. The second-order valence-corrected chi connectivity index (χ2v) is 6.06. The average Bonchev–Trinajstić information content (AvgIpc) is 2.75.